The maximum absolute atomic E-state index is 14.0. The second-order valence-corrected chi connectivity index (χ2v) is 15.0. The molecule has 1 aliphatic carbocycles. The van der Waals surface area contributed by atoms with E-state index in [0.717, 1.165) is 36.8 Å². The van der Waals surface area contributed by atoms with Gasteiger partial charge in [0.05, 0.1) is 36.0 Å². The van der Waals surface area contributed by atoms with Crippen LogP contribution >= 0.6 is 0 Å². The second-order valence-electron chi connectivity index (χ2n) is 12.7. The molecular formula is C30H40N4O7S. The Balaban J connectivity index is 1.43. The largest absolute Gasteiger partial charge is 0.483 e. The van der Waals surface area contributed by atoms with E-state index in [4.69, 9.17) is 18.9 Å². The molecule has 1 aromatic carbocycles. The van der Waals surface area contributed by atoms with Crippen molar-refractivity contribution in [3.8, 4) is 5.75 Å². The van der Waals surface area contributed by atoms with Crippen LogP contribution in [-0.2, 0) is 24.0 Å². The standard InChI is InChI=1S/C30H40N4O7S/c1-19-16-22(21-6-8-30(9-7-21)38-12-13-39-30)17-23-25(19)40-20(2)24-26(33-10-14-42(36,37)15-11-33)31-18-32-27(24)34(23)28(35)41-29(3,4)5/h16-18,20-21H,6-15H2,1-5H3/t20-/m1/s1. The van der Waals surface area contributed by atoms with E-state index in [1.54, 1.807) is 0 Å². The third-order valence-corrected chi connectivity index (χ3v) is 10.1. The van der Waals surface area contributed by atoms with E-state index >= 15 is 0 Å². The molecule has 1 atom stereocenters. The van der Waals surface area contributed by atoms with Gasteiger partial charge in [-0.15, -0.1) is 0 Å². The van der Waals surface area contributed by atoms with E-state index in [2.05, 4.69) is 16.0 Å². The first-order chi connectivity index (χ1) is 19.8. The van der Waals surface area contributed by atoms with Gasteiger partial charge in [-0.05, 0) is 70.6 Å². The molecule has 12 heteroatoms. The molecule has 4 aliphatic rings. The topological polar surface area (TPSA) is 120 Å². The van der Waals surface area contributed by atoms with E-state index in [9.17, 15) is 13.2 Å². The number of sulfone groups is 1. The number of carbonyl (C=O) groups excluding carboxylic acids is 1. The number of fused-ring (bicyclic) bond motifs is 2. The van der Waals surface area contributed by atoms with Gasteiger partial charge in [-0.3, -0.25) is 0 Å². The number of aryl methyl sites for hydroxylation is 1. The maximum atomic E-state index is 14.0. The van der Waals surface area contributed by atoms with Crippen molar-refractivity contribution in [1.29, 1.82) is 0 Å². The summed E-state index contributed by atoms with van der Waals surface area (Å²) in [5, 5.41) is 0. The molecular weight excluding hydrogens is 560 g/mol. The van der Waals surface area contributed by atoms with Crippen LogP contribution in [0.3, 0.4) is 0 Å². The fourth-order valence-corrected chi connectivity index (χ4v) is 7.65. The van der Waals surface area contributed by atoms with Crippen LogP contribution in [-0.4, -0.2) is 73.7 Å². The zero-order valence-electron chi connectivity index (χ0n) is 25.0. The predicted octanol–water partition coefficient (Wildman–Crippen LogP) is 4.95. The summed E-state index contributed by atoms with van der Waals surface area (Å²) >= 11 is 0. The number of rotatable bonds is 2. The summed E-state index contributed by atoms with van der Waals surface area (Å²) in [5.41, 5.74) is 2.46. The molecule has 4 heterocycles. The SMILES string of the molecule is Cc1cc(C2CCC3(CC2)OCCO3)cc2c1O[C@H](C)c1c(N3CCS(=O)(=O)CC3)ncnc1N2C(=O)OC(C)(C)C. The van der Waals surface area contributed by atoms with Crippen molar-refractivity contribution >= 4 is 33.3 Å². The Bertz CT molecular complexity index is 1460. The first-order valence-corrected chi connectivity index (χ1v) is 16.6. The molecule has 228 valence electrons. The fraction of sp³-hybridized carbons (Fsp3) is 0.633. The van der Waals surface area contributed by atoms with Gasteiger partial charge in [0.25, 0.3) is 0 Å². The molecule has 1 amide bonds. The maximum Gasteiger partial charge on any atom is 0.420 e. The smallest absolute Gasteiger partial charge is 0.420 e. The molecule has 0 bridgehead atoms. The van der Waals surface area contributed by atoms with Crippen LogP contribution in [0.2, 0.25) is 0 Å². The van der Waals surface area contributed by atoms with Gasteiger partial charge in [-0.25, -0.2) is 28.1 Å². The van der Waals surface area contributed by atoms with Crippen LogP contribution in [0.5, 0.6) is 5.75 Å². The lowest BCUT2D eigenvalue weighted by atomic mass is 9.80. The minimum absolute atomic E-state index is 0.0399. The average Bonchev–Trinajstić information content (AvgIpc) is 3.32. The highest BCUT2D eigenvalue weighted by Crippen LogP contribution is 2.50. The number of hydrogen-bond acceptors (Lipinski definition) is 10. The van der Waals surface area contributed by atoms with Crippen molar-refractivity contribution in [1.82, 2.24) is 9.97 Å². The Morgan fingerprint density at radius 1 is 1.05 bits per heavy atom. The average molecular weight is 601 g/mol. The number of amides is 1. The van der Waals surface area contributed by atoms with Crippen molar-refractivity contribution in [2.75, 3.05) is 47.6 Å². The molecule has 3 fully saturated rings. The van der Waals surface area contributed by atoms with Crippen molar-refractivity contribution in [2.24, 2.45) is 0 Å². The van der Waals surface area contributed by atoms with Crippen molar-refractivity contribution < 1.29 is 32.2 Å². The van der Waals surface area contributed by atoms with Gasteiger partial charge in [0.15, 0.2) is 21.4 Å². The first-order valence-electron chi connectivity index (χ1n) is 14.8. The lowest BCUT2D eigenvalue weighted by Gasteiger charge is -2.36. The Labute approximate surface area is 247 Å². The third kappa shape index (κ3) is 5.56. The summed E-state index contributed by atoms with van der Waals surface area (Å²) in [6.07, 6.45) is 3.79. The molecule has 0 radical (unpaired) electrons. The number of ether oxygens (including phenoxy) is 4. The molecule has 11 nitrogen and oxygen atoms in total. The summed E-state index contributed by atoms with van der Waals surface area (Å²) in [6, 6.07) is 4.18. The Morgan fingerprint density at radius 3 is 2.33 bits per heavy atom. The highest BCUT2D eigenvalue weighted by molar-refractivity contribution is 7.91. The Hall–Kier alpha value is -2.96. The van der Waals surface area contributed by atoms with E-state index < -0.39 is 33.4 Å². The number of anilines is 3. The van der Waals surface area contributed by atoms with Crippen molar-refractivity contribution in [2.45, 2.75) is 83.7 Å². The van der Waals surface area contributed by atoms with E-state index in [1.807, 2.05) is 45.6 Å². The molecule has 2 aromatic rings. The van der Waals surface area contributed by atoms with Crippen LogP contribution in [0.1, 0.15) is 82.1 Å². The molecule has 2 saturated heterocycles. The van der Waals surface area contributed by atoms with E-state index in [-0.39, 0.29) is 17.4 Å². The summed E-state index contributed by atoms with van der Waals surface area (Å²) in [7, 11) is -3.10. The van der Waals surface area contributed by atoms with Gasteiger partial charge in [0.2, 0.25) is 0 Å². The lowest BCUT2D eigenvalue weighted by Crippen LogP contribution is -2.41. The predicted molar refractivity (Wildman–Crippen MR) is 157 cm³/mol. The lowest BCUT2D eigenvalue weighted by molar-refractivity contribution is -0.178. The second kappa shape index (κ2) is 10.6. The summed E-state index contributed by atoms with van der Waals surface area (Å²) in [6.45, 7) is 11.3. The van der Waals surface area contributed by atoms with Crippen LogP contribution in [0, 0.1) is 6.92 Å². The Kier molecular flexibility index (Phi) is 7.38. The molecule has 42 heavy (non-hydrogen) atoms. The first kappa shape index (κ1) is 29.1. The van der Waals surface area contributed by atoms with Crippen LogP contribution in [0.15, 0.2) is 18.5 Å². The van der Waals surface area contributed by atoms with Gasteiger partial charge in [0.1, 0.15) is 29.6 Å². The normalized spacial score (nSPS) is 23.6. The monoisotopic (exact) mass is 600 g/mol. The van der Waals surface area contributed by atoms with Gasteiger partial charge in [0, 0.05) is 25.9 Å². The fourth-order valence-electron chi connectivity index (χ4n) is 6.45. The van der Waals surface area contributed by atoms with Crippen LogP contribution in [0.4, 0.5) is 22.1 Å². The van der Waals surface area contributed by atoms with E-state index in [0.29, 0.717) is 54.9 Å². The quantitative estimate of drug-likeness (QED) is 0.468. The minimum Gasteiger partial charge on any atom is -0.483 e. The molecule has 1 spiro atoms. The van der Waals surface area contributed by atoms with Crippen molar-refractivity contribution in [3.63, 3.8) is 0 Å². The van der Waals surface area contributed by atoms with Gasteiger partial charge < -0.3 is 23.8 Å². The summed E-state index contributed by atoms with van der Waals surface area (Å²) < 4.78 is 48.8. The van der Waals surface area contributed by atoms with Gasteiger partial charge >= 0.3 is 6.09 Å². The molecule has 1 aromatic heterocycles. The summed E-state index contributed by atoms with van der Waals surface area (Å²) in [5.74, 6) is 1.41. The van der Waals surface area contributed by atoms with E-state index in [1.165, 1.54) is 11.2 Å². The number of carbonyl (C=O) groups is 1. The highest BCUT2D eigenvalue weighted by Gasteiger charge is 2.42. The number of benzene rings is 1. The molecule has 0 N–H and O–H groups in total. The Morgan fingerprint density at radius 2 is 1.69 bits per heavy atom. The number of aromatic nitrogens is 2. The zero-order valence-corrected chi connectivity index (χ0v) is 25.8. The molecule has 0 unspecified atom stereocenters. The van der Waals surface area contributed by atoms with Crippen LogP contribution < -0.4 is 14.5 Å². The summed E-state index contributed by atoms with van der Waals surface area (Å²) in [4.78, 5) is 26.6. The van der Waals surface area contributed by atoms with Gasteiger partial charge in [-0.2, -0.15) is 0 Å². The molecule has 3 aliphatic heterocycles. The third-order valence-electron chi connectivity index (χ3n) is 8.53. The van der Waals surface area contributed by atoms with Gasteiger partial charge in [-0.1, -0.05) is 6.07 Å². The number of nitrogens with zero attached hydrogens (tertiary/aromatic N) is 4. The highest BCUT2D eigenvalue weighted by atomic mass is 32.2. The van der Waals surface area contributed by atoms with Crippen molar-refractivity contribution in [3.05, 3.63) is 35.2 Å². The van der Waals surface area contributed by atoms with Crippen LogP contribution in [0.25, 0.3) is 0 Å². The zero-order chi connectivity index (χ0) is 29.9. The number of hydrogen-bond donors (Lipinski definition) is 0. The minimum atomic E-state index is -3.10. The molecule has 6 rings (SSSR count). The molecule has 1 saturated carbocycles.